The van der Waals surface area contributed by atoms with E-state index in [1.54, 1.807) is 0 Å². The van der Waals surface area contributed by atoms with Gasteiger partial charge in [-0.3, -0.25) is 0 Å². The Bertz CT molecular complexity index is 4530. The zero-order valence-electron chi connectivity index (χ0n) is 53.5. The molecular weight excluding hydrogens is 1030 g/mol. The summed E-state index contributed by atoms with van der Waals surface area (Å²) in [4.78, 5) is 11.3. The second kappa shape index (κ2) is 18.3. The van der Waals surface area contributed by atoms with Gasteiger partial charge >= 0.3 is 0 Å². The molecule has 0 spiro atoms. The van der Waals surface area contributed by atoms with Crippen molar-refractivity contribution in [2.45, 2.75) is 157 Å². The standard InChI is InChI=1S/C80H81BN4/c1-75(2,3)52-27-23-46(24-28-52)48-37-61-59-44-54(77(7,8)9)31-33-66(59)84-68-41-50(71-58-21-19-20-22-65(58)82-74(83-71)51-35-56(79(13,14)15)43-57(36-51)80(16,17)18)42-69-70(68)81(63(39-48)72(61)84)64-40-49(47-25-29-53(30-26-47)76(4,5)6)38-62-60-45-55(78(10,11)12)32-34-67(60)85(69)73(62)64/h19-45H,1-18H3. The van der Waals surface area contributed by atoms with Gasteiger partial charge in [0.25, 0.3) is 6.71 Å². The summed E-state index contributed by atoms with van der Waals surface area (Å²) in [5, 5.41) is 6.14. The summed E-state index contributed by atoms with van der Waals surface area (Å²) in [6.07, 6.45) is 0. The van der Waals surface area contributed by atoms with Crippen molar-refractivity contribution in [3.8, 4) is 56.3 Å². The number of nitrogens with zero attached hydrogens (tertiary/aromatic N) is 4. The highest BCUT2D eigenvalue weighted by molar-refractivity contribution is 7.00. The summed E-state index contributed by atoms with van der Waals surface area (Å²) in [6.45, 7) is 41.6. The van der Waals surface area contributed by atoms with Crippen LogP contribution in [0.15, 0.2) is 164 Å². The molecule has 5 heteroatoms. The van der Waals surface area contributed by atoms with Crippen molar-refractivity contribution in [1.29, 1.82) is 0 Å². The fourth-order valence-electron chi connectivity index (χ4n) is 13.8. The average molecular weight is 1110 g/mol. The maximum atomic E-state index is 5.82. The van der Waals surface area contributed by atoms with E-state index in [1.807, 2.05) is 0 Å². The van der Waals surface area contributed by atoms with E-state index in [2.05, 4.69) is 298 Å². The molecule has 0 radical (unpaired) electrons. The molecule has 9 aromatic carbocycles. The maximum Gasteiger partial charge on any atom is 0.252 e. The van der Waals surface area contributed by atoms with E-state index in [-0.39, 0.29) is 39.2 Å². The van der Waals surface area contributed by atoms with Crippen molar-refractivity contribution in [3.63, 3.8) is 0 Å². The highest BCUT2D eigenvalue weighted by Crippen LogP contribution is 2.46. The molecule has 0 fully saturated rings. The van der Waals surface area contributed by atoms with Crippen LogP contribution in [0.2, 0.25) is 0 Å². The fourth-order valence-corrected chi connectivity index (χ4v) is 13.8. The lowest BCUT2D eigenvalue weighted by Crippen LogP contribution is -2.59. The van der Waals surface area contributed by atoms with Crippen LogP contribution in [0.1, 0.15) is 158 Å². The van der Waals surface area contributed by atoms with E-state index in [0.29, 0.717) is 0 Å². The quantitative estimate of drug-likeness (QED) is 0.165. The zero-order valence-corrected chi connectivity index (χ0v) is 53.5. The lowest BCUT2D eigenvalue weighted by atomic mass is 9.34. The summed E-state index contributed by atoms with van der Waals surface area (Å²) < 4.78 is 5.29. The van der Waals surface area contributed by atoms with Crippen molar-refractivity contribution < 1.29 is 0 Å². The zero-order chi connectivity index (χ0) is 60.0. The summed E-state index contributed by atoms with van der Waals surface area (Å²) in [5.41, 5.74) is 27.9. The van der Waals surface area contributed by atoms with Crippen molar-refractivity contribution in [1.82, 2.24) is 19.1 Å². The predicted octanol–water partition coefficient (Wildman–Crippen LogP) is 19.4. The number of para-hydroxylation sites is 1. The molecule has 0 amide bonds. The molecule has 2 aliphatic heterocycles. The van der Waals surface area contributed by atoms with Gasteiger partial charge in [-0.25, -0.2) is 9.97 Å². The van der Waals surface area contributed by atoms with E-state index < -0.39 is 0 Å². The molecule has 0 saturated carbocycles. The normalized spacial score (nSPS) is 13.7. The third-order valence-corrected chi connectivity index (χ3v) is 19.0. The van der Waals surface area contributed by atoms with Crippen LogP contribution >= 0.6 is 0 Å². The molecule has 0 aliphatic carbocycles. The first-order valence-electron chi connectivity index (χ1n) is 31.0. The van der Waals surface area contributed by atoms with Gasteiger partial charge in [-0.2, -0.15) is 0 Å². The molecule has 0 bridgehead atoms. The van der Waals surface area contributed by atoms with Crippen LogP contribution < -0.4 is 16.4 Å². The summed E-state index contributed by atoms with van der Waals surface area (Å²) in [5.74, 6) is 0.739. The highest BCUT2D eigenvalue weighted by atomic mass is 15.0. The minimum absolute atomic E-state index is 0.0363. The van der Waals surface area contributed by atoms with Gasteiger partial charge in [0.05, 0.1) is 22.2 Å². The molecular formula is C80H81BN4. The third-order valence-electron chi connectivity index (χ3n) is 19.0. The summed E-state index contributed by atoms with van der Waals surface area (Å²) >= 11 is 0. The molecule has 3 aromatic heterocycles. The molecule has 12 aromatic rings. The van der Waals surface area contributed by atoms with Gasteiger partial charge in [0, 0.05) is 60.5 Å². The smallest absolute Gasteiger partial charge is 0.252 e. The molecule has 14 rings (SSSR count). The van der Waals surface area contributed by atoms with Crippen LogP contribution in [0.25, 0.3) is 111 Å². The minimum atomic E-state index is -0.113. The monoisotopic (exact) mass is 1110 g/mol. The van der Waals surface area contributed by atoms with Gasteiger partial charge in [0.15, 0.2) is 5.82 Å². The van der Waals surface area contributed by atoms with Crippen LogP contribution in [0.3, 0.4) is 0 Å². The topological polar surface area (TPSA) is 35.6 Å². The van der Waals surface area contributed by atoms with E-state index in [1.165, 1.54) is 127 Å². The van der Waals surface area contributed by atoms with Crippen molar-refractivity contribution in [2.24, 2.45) is 0 Å². The van der Waals surface area contributed by atoms with Crippen LogP contribution in [0.4, 0.5) is 0 Å². The number of fused-ring (bicyclic) bond motifs is 11. The van der Waals surface area contributed by atoms with E-state index in [0.717, 1.165) is 33.5 Å². The van der Waals surface area contributed by atoms with Gasteiger partial charge in [-0.1, -0.05) is 222 Å². The third kappa shape index (κ3) is 8.83. The molecule has 4 nitrogen and oxygen atoms in total. The molecule has 2 aliphatic rings. The lowest BCUT2D eigenvalue weighted by molar-refractivity contribution is 0.569. The van der Waals surface area contributed by atoms with Crippen LogP contribution in [0, 0.1) is 0 Å². The highest BCUT2D eigenvalue weighted by Gasteiger charge is 2.43. The largest absolute Gasteiger partial charge is 0.310 e. The molecule has 85 heavy (non-hydrogen) atoms. The van der Waals surface area contributed by atoms with Crippen molar-refractivity contribution >= 4 is 77.6 Å². The second-order valence-corrected chi connectivity index (χ2v) is 31.3. The first kappa shape index (κ1) is 54.9. The number of hydrogen-bond acceptors (Lipinski definition) is 2. The maximum absolute atomic E-state index is 5.82. The van der Waals surface area contributed by atoms with Crippen LogP contribution in [-0.2, 0) is 32.5 Å². The Morgan fingerprint density at radius 3 is 1.14 bits per heavy atom. The molecule has 5 heterocycles. The van der Waals surface area contributed by atoms with Gasteiger partial charge < -0.3 is 9.13 Å². The SMILES string of the molecule is CC(C)(C)c1ccc(-c2cc3c4c(c2)c2cc(C(C)(C)C)ccc2n4-c2cc(-c4nc(-c5cc(C(C)(C)C)cc(C(C)(C)C)c5)nc5ccccc45)cc4c2B3c2cc(-c3ccc(C(C)(C)C)cc3)cc3c5cc(C(C)(C)C)ccc5n-4c23)cc1. The van der Waals surface area contributed by atoms with Gasteiger partial charge in [0.2, 0.25) is 0 Å². The Labute approximate surface area is 504 Å². The summed E-state index contributed by atoms with van der Waals surface area (Å²) in [6, 6.07) is 64.2. The Hall–Kier alpha value is -8.02. The first-order chi connectivity index (χ1) is 39.9. The Kier molecular flexibility index (Phi) is 11.8. The van der Waals surface area contributed by atoms with Gasteiger partial charge in [-0.15, -0.1) is 0 Å². The Morgan fingerprint density at radius 2 is 0.718 bits per heavy atom. The van der Waals surface area contributed by atoms with Crippen LogP contribution in [-0.4, -0.2) is 25.8 Å². The van der Waals surface area contributed by atoms with Gasteiger partial charge in [-0.05, 0) is 171 Å². The number of rotatable bonds is 4. The minimum Gasteiger partial charge on any atom is -0.310 e. The Balaban J connectivity index is 1.15. The fraction of sp³-hybridized carbons (Fsp3) is 0.300. The second-order valence-electron chi connectivity index (χ2n) is 31.3. The molecule has 0 N–H and O–H groups in total. The van der Waals surface area contributed by atoms with Gasteiger partial charge in [0.1, 0.15) is 0 Å². The van der Waals surface area contributed by atoms with E-state index in [4.69, 9.17) is 9.97 Å². The number of hydrogen-bond donors (Lipinski definition) is 0. The van der Waals surface area contributed by atoms with Crippen LogP contribution in [0.5, 0.6) is 0 Å². The number of benzene rings is 9. The van der Waals surface area contributed by atoms with E-state index >= 15 is 0 Å². The average Bonchev–Trinajstić information content (AvgIpc) is 1.60. The predicted molar refractivity (Wildman–Crippen MR) is 367 cm³/mol. The summed E-state index contributed by atoms with van der Waals surface area (Å²) in [7, 11) is 0. The Morgan fingerprint density at radius 1 is 0.306 bits per heavy atom. The lowest BCUT2D eigenvalue weighted by Gasteiger charge is -2.35. The molecule has 424 valence electrons. The number of aromatic nitrogens is 4. The van der Waals surface area contributed by atoms with Crippen molar-refractivity contribution in [3.05, 3.63) is 197 Å². The van der Waals surface area contributed by atoms with E-state index in [9.17, 15) is 0 Å². The first-order valence-corrected chi connectivity index (χ1v) is 31.0. The molecule has 0 unspecified atom stereocenters. The molecule has 0 atom stereocenters. The van der Waals surface area contributed by atoms with Crippen molar-refractivity contribution in [2.75, 3.05) is 0 Å². The molecule has 0 saturated heterocycles.